The van der Waals surface area contributed by atoms with Crippen LogP contribution in [-0.2, 0) is 26.0 Å². The minimum Gasteiger partial charge on any atom is -0.490 e. The lowest BCUT2D eigenvalue weighted by Gasteiger charge is -2.35. The summed E-state index contributed by atoms with van der Waals surface area (Å²) in [5.74, 6) is -0.556. The van der Waals surface area contributed by atoms with Gasteiger partial charge in [-0.1, -0.05) is 48.9 Å². The van der Waals surface area contributed by atoms with Crippen molar-refractivity contribution in [1.82, 2.24) is 9.21 Å². The molecule has 0 aliphatic carbocycles. The first-order valence-electron chi connectivity index (χ1n) is 16.3. The summed E-state index contributed by atoms with van der Waals surface area (Å²) in [5.41, 5.74) is 1.56. The highest BCUT2D eigenvalue weighted by molar-refractivity contribution is 7.89. The number of aliphatic hydroxyl groups is 1. The second-order valence-electron chi connectivity index (χ2n) is 12.5. The molecule has 0 bridgehead atoms. The lowest BCUT2D eigenvalue weighted by molar-refractivity contribution is -0.115. The van der Waals surface area contributed by atoms with Crippen LogP contribution in [0, 0.1) is 5.92 Å². The number of benzene rings is 3. The number of fused-ring (bicyclic) bond motifs is 1. The third-order valence-corrected chi connectivity index (χ3v) is 10.6. The van der Waals surface area contributed by atoms with Crippen molar-refractivity contribution in [1.29, 1.82) is 0 Å². The summed E-state index contributed by atoms with van der Waals surface area (Å²) < 4.78 is 40.7. The average Bonchev–Trinajstić information content (AvgIpc) is 3.06. The van der Waals surface area contributed by atoms with Gasteiger partial charge in [0.25, 0.3) is 5.91 Å². The van der Waals surface area contributed by atoms with Crippen molar-refractivity contribution in [2.75, 3.05) is 38.7 Å². The monoisotopic (exact) mass is 699 g/mol. The van der Waals surface area contributed by atoms with Crippen LogP contribution in [0.3, 0.4) is 0 Å². The summed E-state index contributed by atoms with van der Waals surface area (Å²) in [7, 11) is -2.34. The van der Waals surface area contributed by atoms with Crippen LogP contribution in [0.4, 0.5) is 5.69 Å². The van der Waals surface area contributed by atoms with Gasteiger partial charge in [0.1, 0.15) is 5.75 Å². The van der Waals surface area contributed by atoms with Crippen LogP contribution >= 0.6 is 11.6 Å². The molecule has 0 fully saturated rings. The highest BCUT2D eigenvalue weighted by Gasteiger charge is 2.32. The molecule has 0 spiro atoms. The number of carbonyl (C=O) groups is 2. The van der Waals surface area contributed by atoms with E-state index in [4.69, 9.17) is 21.1 Å². The zero-order chi connectivity index (χ0) is 34.8. The van der Waals surface area contributed by atoms with Gasteiger partial charge < -0.3 is 24.8 Å². The molecular formula is C36H46ClN3O7S. The maximum atomic E-state index is 14.4. The Balaban J connectivity index is 1.62. The smallest absolute Gasteiger partial charge is 0.258 e. The highest BCUT2D eigenvalue weighted by Crippen LogP contribution is 2.29. The predicted octanol–water partition coefficient (Wildman–Crippen LogP) is 5.64. The minimum absolute atomic E-state index is 0.0510. The molecule has 1 aliphatic rings. The van der Waals surface area contributed by atoms with Gasteiger partial charge in [0, 0.05) is 43.4 Å². The molecule has 0 aromatic heterocycles. The van der Waals surface area contributed by atoms with Gasteiger partial charge in [-0.15, -0.1) is 0 Å². The highest BCUT2D eigenvalue weighted by atomic mass is 35.5. The van der Waals surface area contributed by atoms with Crippen molar-refractivity contribution in [3.8, 4) is 5.75 Å². The Hall–Kier alpha value is -3.48. The Morgan fingerprint density at radius 2 is 1.79 bits per heavy atom. The molecule has 2 amide bonds. The van der Waals surface area contributed by atoms with Crippen LogP contribution < -0.4 is 10.1 Å². The molecule has 3 aromatic rings. The Morgan fingerprint density at radius 3 is 2.48 bits per heavy atom. The number of halogens is 1. The maximum absolute atomic E-state index is 14.4. The first-order chi connectivity index (χ1) is 22.9. The number of nitrogens with one attached hydrogen (secondary N) is 1. The summed E-state index contributed by atoms with van der Waals surface area (Å²) in [6.07, 6.45) is 1.64. The van der Waals surface area contributed by atoms with E-state index in [0.29, 0.717) is 29.5 Å². The zero-order valence-corrected chi connectivity index (χ0v) is 29.5. The Labute approximate surface area is 289 Å². The molecular weight excluding hydrogens is 654 g/mol. The van der Waals surface area contributed by atoms with Crippen molar-refractivity contribution in [3.63, 3.8) is 0 Å². The van der Waals surface area contributed by atoms with Gasteiger partial charge in [0.05, 0.1) is 41.7 Å². The van der Waals surface area contributed by atoms with E-state index in [9.17, 15) is 23.1 Å². The van der Waals surface area contributed by atoms with Crippen LogP contribution in [0.1, 0.15) is 56.0 Å². The molecule has 0 unspecified atom stereocenters. The normalized spacial score (nSPS) is 20.4. The zero-order valence-electron chi connectivity index (χ0n) is 28.0. The Kier molecular flexibility index (Phi) is 13.4. The van der Waals surface area contributed by atoms with Crippen molar-refractivity contribution >= 4 is 39.1 Å². The van der Waals surface area contributed by atoms with Gasteiger partial charge in [-0.25, -0.2) is 8.42 Å². The SMILES string of the molecule is C[C@@H]1CCCCO[C@H](CN(C)S(=O)(=O)c2ccc(Cl)cc2)[C@H](C)CN([C@H](C)CO)C(=O)c2cc(NC(=O)Cc3ccccc3)ccc2O1. The lowest BCUT2D eigenvalue weighted by Crippen LogP contribution is -2.48. The van der Waals surface area contributed by atoms with Crippen molar-refractivity contribution in [2.24, 2.45) is 5.92 Å². The van der Waals surface area contributed by atoms with Gasteiger partial charge in [-0.2, -0.15) is 4.31 Å². The van der Waals surface area contributed by atoms with E-state index in [1.165, 1.54) is 35.6 Å². The van der Waals surface area contributed by atoms with Gasteiger partial charge in [0.2, 0.25) is 15.9 Å². The number of nitrogens with zero attached hydrogens (tertiary/aromatic N) is 2. The fraction of sp³-hybridized carbons (Fsp3) is 0.444. The fourth-order valence-electron chi connectivity index (χ4n) is 5.59. The lowest BCUT2D eigenvalue weighted by atomic mass is 10.0. The summed E-state index contributed by atoms with van der Waals surface area (Å²) in [4.78, 5) is 28.9. The number of aliphatic hydroxyl groups excluding tert-OH is 1. The number of carbonyl (C=O) groups excluding carboxylic acids is 2. The quantitative estimate of drug-likeness (QED) is 0.296. The topological polar surface area (TPSA) is 125 Å². The van der Waals surface area contributed by atoms with E-state index in [2.05, 4.69) is 5.32 Å². The molecule has 12 heteroatoms. The molecule has 4 atom stereocenters. The first kappa shape index (κ1) is 37.3. The van der Waals surface area contributed by atoms with Gasteiger partial charge in [-0.3, -0.25) is 9.59 Å². The standard InChI is InChI=1S/C36H46ClN3O7S/c1-25-22-40(26(2)24-41)36(43)32-21-30(38-35(42)20-28-11-6-5-7-12-28)15-18-33(32)47-27(3)10-8-9-19-46-34(25)23-39(4)48(44,45)31-16-13-29(37)14-17-31/h5-7,11-18,21,25-27,34,41H,8-10,19-20,22-24H2,1-4H3,(H,38,42)/t25-,26-,27-,34-/m1/s1. The van der Waals surface area contributed by atoms with Crippen molar-refractivity contribution in [2.45, 2.75) is 69.6 Å². The maximum Gasteiger partial charge on any atom is 0.258 e. The third-order valence-electron chi connectivity index (χ3n) is 8.50. The number of anilines is 1. The summed E-state index contributed by atoms with van der Waals surface area (Å²) in [6.45, 7) is 5.91. The van der Waals surface area contributed by atoms with E-state index in [1.807, 2.05) is 44.2 Å². The number of likely N-dealkylation sites (N-methyl/N-ethyl adjacent to an activating group) is 1. The summed E-state index contributed by atoms with van der Waals surface area (Å²) in [5, 5.41) is 13.6. The third kappa shape index (κ3) is 10.0. The second kappa shape index (κ2) is 17.3. The van der Waals surface area contributed by atoms with E-state index >= 15 is 0 Å². The molecule has 10 nitrogen and oxygen atoms in total. The first-order valence-corrected chi connectivity index (χ1v) is 18.1. The second-order valence-corrected chi connectivity index (χ2v) is 14.9. The number of sulfonamides is 1. The molecule has 1 heterocycles. The van der Waals surface area contributed by atoms with Gasteiger partial charge in [0.15, 0.2) is 0 Å². The molecule has 4 rings (SSSR count). The summed E-state index contributed by atoms with van der Waals surface area (Å²) in [6, 6.07) is 19.8. The predicted molar refractivity (Wildman–Crippen MR) is 187 cm³/mol. The molecule has 0 saturated carbocycles. The van der Waals surface area contributed by atoms with E-state index in [-0.39, 0.29) is 60.4 Å². The van der Waals surface area contributed by atoms with Crippen LogP contribution in [0.5, 0.6) is 5.75 Å². The number of ether oxygens (including phenoxy) is 2. The van der Waals surface area contributed by atoms with Gasteiger partial charge >= 0.3 is 0 Å². The van der Waals surface area contributed by atoms with E-state index in [1.54, 1.807) is 30.0 Å². The van der Waals surface area contributed by atoms with Crippen LogP contribution in [0.15, 0.2) is 77.7 Å². The van der Waals surface area contributed by atoms with Gasteiger partial charge in [-0.05, 0) is 81.1 Å². The molecule has 48 heavy (non-hydrogen) atoms. The minimum atomic E-state index is -3.84. The molecule has 1 aliphatic heterocycles. The van der Waals surface area contributed by atoms with Crippen LogP contribution in [-0.4, -0.2) is 86.1 Å². The molecule has 0 radical (unpaired) electrons. The number of hydrogen-bond donors (Lipinski definition) is 2. The fourth-order valence-corrected chi connectivity index (χ4v) is 6.90. The van der Waals surface area contributed by atoms with Crippen molar-refractivity contribution < 1.29 is 32.6 Å². The largest absolute Gasteiger partial charge is 0.490 e. The van der Waals surface area contributed by atoms with Crippen LogP contribution in [0.2, 0.25) is 5.02 Å². The summed E-state index contributed by atoms with van der Waals surface area (Å²) >= 11 is 5.98. The number of amides is 2. The molecule has 3 aromatic carbocycles. The van der Waals surface area contributed by atoms with Crippen molar-refractivity contribution in [3.05, 3.63) is 88.9 Å². The Bertz CT molecular complexity index is 1620. The number of hydrogen-bond acceptors (Lipinski definition) is 7. The van der Waals surface area contributed by atoms with E-state index < -0.39 is 22.2 Å². The number of rotatable bonds is 9. The Morgan fingerprint density at radius 1 is 1.08 bits per heavy atom. The molecule has 260 valence electrons. The molecule has 0 saturated heterocycles. The van der Waals surface area contributed by atoms with Crippen LogP contribution in [0.25, 0.3) is 0 Å². The molecule has 2 N–H and O–H groups in total. The average molecular weight is 700 g/mol. The van der Waals surface area contributed by atoms with E-state index in [0.717, 1.165) is 18.4 Å².